The number of anilines is 2. The molecule has 0 saturated carbocycles. The van der Waals surface area contributed by atoms with Gasteiger partial charge in [-0.1, -0.05) is 0 Å². The molecule has 2 aromatic rings. The van der Waals surface area contributed by atoms with E-state index in [0.29, 0.717) is 5.76 Å². The Labute approximate surface area is 108 Å². The van der Waals surface area contributed by atoms with Crippen molar-refractivity contribution in [1.82, 2.24) is 9.97 Å². The van der Waals surface area contributed by atoms with Gasteiger partial charge < -0.3 is 9.73 Å². The molecule has 100 valence electrons. The first kappa shape index (κ1) is 12.8. The minimum absolute atomic E-state index is 0.0665. The molecule has 4 N–H and O–H groups in total. The highest BCUT2D eigenvalue weighted by Gasteiger charge is 2.20. The summed E-state index contributed by atoms with van der Waals surface area (Å²) >= 11 is 0. The summed E-state index contributed by atoms with van der Waals surface area (Å²) in [5, 5.41) is 13.8. The van der Waals surface area contributed by atoms with Crippen LogP contribution in [0.5, 0.6) is 0 Å². The van der Waals surface area contributed by atoms with E-state index in [9.17, 15) is 10.1 Å². The van der Waals surface area contributed by atoms with Crippen molar-refractivity contribution in [2.45, 2.75) is 13.0 Å². The molecule has 2 heterocycles. The first-order valence-electron chi connectivity index (χ1n) is 5.39. The van der Waals surface area contributed by atoms with Crippen LogP contribution in [0.4, 0.5) is 17.5 Å². The quantitative estimate of drug-likeness (QED) is 0.419. The Morgan fingerprint density at radius 2 is 2.37 bits per heavy atom. The normalized spacial score (nSPS) is 11.9. The summed E-state index contributed by atoms with van der Waals surface area (Å²) in [5.74, 6) is 5.96. The average molecular weight is 264 g/mol. The van der Waals surface area contributed by atoms with Gasteiger partial charge in [-0.25, -0.2) is 10.8 Å². The van der Waals surface area contributed by atoms with Gasteiger partial charge in [0.25, 0.3) is 0 Å². The van der Waals surface area contributed by atoms with Crippen molar-refractivity contribution < 1.29 is 9.34 Å². The van der Waals surface area contributed by atoms with Gasteiger partial charge >= 0.3 is 5.69 Å². The summed E-state index contributed by atoms with van der Waals surface area (Å²) in [7, 11) is 0. The smallest absolute Gasteiger partial charge is 0.329 e. The summed E-state index contributed by atoms with van der Waals surface area (Å²) in [6.07, 6.45) is 2.61. The molecule has 0 radical (unpaired) electrons. The number of hydrazine groups is 1. The molecule has 0 aromatic carbocycles. The van der Waals surface area contributed by atoms with Gasteiger partial charge in [-0.05, 0) is 19.1 Å². The van der Waals surface area contributed by atoms with Gasteiger partial charge in [0.2, 0.25) is 11.8 Å². The molecule has 0 saturated heterocycles. The second-order valence-corrected chi connectivity index (χ2v) is 3.71. The third-order valence-electron chi connectivity index (χ3n) is 2.42. The number of nitrogens with zero attached hydrogens (tertiary/aromatic N) is 3. The number of nitrogens with two attached hydrogens (primary N) is 1. The predicted octanol–water partition coefficient (Wildman–Crippen LogP) is 1.44. The Bertz CT molecular complexity index is 571. The predicted molar refractivity (Wildman–Crippen MR) is 67.2 cm³/mol. The van der Waals surface area contributed by atoms with E-state index < -0.39 is 4.92 Å². The summed E-state index contributed by atoms with van der Waals surface area (Å²) in [6.45, 7) is 1.79. The largest absolute Gasteiger partial charge is 0.467 e. The minimum Gasteiger partial charge on any atom is -0.467 e. The van der Waals surface area contributed by atoms with Gasteiger partial charge in [0.15, 0.2) is 0 Å². The third-order valence-corrected chi connectivity index (χ3v) is 2.42. The zero-order valence-electron chi connectivity index (χ0n) is 10.0. The molecule has 0 fully saturated rings. The van der Waals surface area contributed by atoms with Gasteiger partial charge in [-0.15, -0.1) is 0 Å². The molecule has 0 bridgehead atoms. The minimum atomic E-state index is -0.572. The number of furan rings is 1. The Balaban J connectivity index is 2.29. The van der Waals surface area contributed by atoms with Crippen molar-refractivity contribution >= 4 is 17.5 Å². The third kappa shape index (κ3) is 2.77. The van der Waals surface area contributed by atoms with E-state index in [-0.39, 0.29) is 23.5 Å². The molecule has 0 aliphatic carbocycles. The summed E-state index contributed by atoms with van der Waals surface area (Å²) in [4.78, 5) is 17.9. The second kappa shape index (κ2) is 5.31. The van der Waals surface area contributed by atoms with Crippen molar-refractivity contribution in [3.8, 4) is 0 Å². The Morgan fingerprint density at radius 1 is 1.58 bits per heavy atom. The molecule has 2 rings (SSSR count). The number of aromatic nitrogens is 2. The van der Waals surface area contributed by atoms with Crippen LogP contribution in [0.15, 0.2) is 29.0 Å². The van der Waals surface area contributed by atoms with Crippen LogP contribution >= 0.6 is 0 Å². The number of nitrogen functional groups attached to an aromatic ring is 1. The second-order valence-electron chi connectivity index (χ2n) is 3.71. The van der Waals surface area contributed by atoms with Gasteiger partial charge in [-0.3, -0.25) is 15.5 Å². The molecular formula is C10H12N6O3. The van der Waals surface area contributed by atoms with Crippen LogP contribution in [-0.2, 0) is 0 Å². The molecule has 19 heavy (non-hydrogen) atoms. The number of hydrogen-bond donors (Lipinski definition) is 3. The molecule has 1 atom stereocenters. The van der Waals surface area contributed by atoms with Gasteiger partial charge in [-0.2, -0.15) is 4.98 Å². The van der Waals surface area contributed by atoms with Gasteiger partial charge in [0.05, 0.1) is 17.2 Å². The Hall–Kier alpha value is -2.68. The average Bonchev–Trinajstić information content (AvgIpc) is 2.92. The van der Waals surface area contributed by atoms with Crippen LogP contribution in [0, 0.1) is 10.1 Å². The topological polar surface area (TPSA) is 132 Å². The standard InChI is InChI=1S/C10H12N6O3/c1-6(8-3-2-4-19-8)13-9-7(16(17)18)5-12-10(14-9)15-11/h2-6H,11H2,1H3,(H2,12,13,14,15). The highest BCUT2D eigenvalue weighted by molar-refractivity contribution is 5.57. The van der Waals surface area contributed by atoms with E-state index >= 15 is 0 Å². The maximum absolute atomic E-state index is 10.9. The number of nitro groups is 1. The Kier molecular flexibility index (Phi) is 3.57. The van der Waals surface area contributed by atoms with Crippen LogP contribution < -0.4 is 16.6 Å². The lowest BCUT2D eigenvalue weighted by Crippen LogP contribution is -2.14. The van der Waals surface area contributed by atoms with Crippen LogP contribution in [0.3, 0.4) is 0 Å². The first-order valence-corrected chi connectivity index (χ1v) is 5.39. The zero-order chi connectivity index (χ0) is 13.8. The molecule has 1 unspecified atom stereocenters. The van der Waals surface area contributed by atoms with Gasteiger partial charge in [0, 0.05) is 0 Å². The summed E-state index contributed by atoms with van der Waals surface area (Å²) in [6, 6.07) is 3.20. The molecule has 0 spiro atoms. The zero-order valence-corrected chi connectivity index (χ0v) is 10.0. The summed E-state index contributed by atoms with van der Waals surface area (Å²) in [5.41, 5.74) is 1.99. The molecule has 0 aliphatic heterocycles. The lowest BCUT2D eigenvalue weighted by molar-refractivity contribution is -0.384. The lowest BCUT2D eigenvalue weighted by Gasteiger charge is -2.12. The van der Waals surface area contributed by atoms with Gasteiger partial charge in [0.1, 0.15) is 12.0 Å². The Morgan fingerprint density at radius 3 is 2.95 bits per heavy atom. The molecule has 0 amide bonds. The fourth-order valence-electron chi connectivity index (χ4n) is 1.50. The van der Waals surface area contributed by atoms with E-state index in [1.807, 2.05) is 0 Å². The van der Waals surface area contributed by atoms with E-state index in [2.05, 4.69) is 20.7 Å². The maximum atomic E-state index is 10.9. The first-order chi connectivity index (χ1) is 9.11. The van der Waals surface area contributed by atoms with Crippen LogP contribution in [0.25, 0.3) is 0 Å². The van der Waals surface area contributed by atoms with Crippen molar-refractivity contribution in [2.24, 2.45) is 5.84 Å². The molecular weight excluding hydrogens is 252 g/mol. The lowest BCUT2D eigenvalue weighted by atomic mass is 10.2. The van der Waals surface area contributed by atoms with E-state index in [1.54, 1.807) is 19.1 Å². The SMILES string of the molecule is CC(Nc1nc(NN)ncc1[N+](=O)[O-])c1ccco1. The molecule has 9 heteroatoms. The highest BCUT2D eigenvalue weighted by Crippen LogP contribution is 2.26. The monoisotopic (exact) mass is 264 g/mol. The van der Waals surface area contributed by atoms with E-state index in [4.69, 9.17) is 10.3 Å². The van der Waals surface area contributed by atoms with Crippen LogP contribution in [0.2, 0.25) is 0 Å². The van der Waals surface area contributed by atoms with Crippen LogP contribution in [0.1, 0.15) is 18.7 Å². The number of nitrogens with one attached hydrogen (secondary N) is 2. The van der Waals surface area contributed by atoms with Crippen molar-refractivity contribution in [1.29, 1.82) is 0 Å². The molecule has 9 nitrogen and oxygen atoms in total. The van der Waals surface area contributed by atoms with Crippen LogP contribution in [-0.4, -0.2) is 14.9 Å². The van der Waals surface area contributed by atoms with Crippen molar-refractivity contribution in [3.05, 3.63) is 40.5 Å². The van der Waals surface area contributed by atoms with E-state index in [0.717, 1.165) is 6.20 Å². The van der Waals surface area contributed by atoms with Crippen molar-refractivity contribution in [2.75, 3.05) is 10.7 Å². The maximum Gasteiger partial charge on any atom is 0.329 e. The summed E-state index contributed by atoms with van der Waals surface area (Å²) < 4.78 is 5.21. The number of rotatable bonds is 5. The van der Waals surface area contributed by atoms with Crippen molar-refractivity contribution in [3.63, 3.8) is 0 Å². The van der Waals surface area contributed by atoms with E-state index in [1.165, 1.54) is 6.26 Å². The number of hydrogen-bond acceptors (Lipinski definition) is 8. The fourth-order valence-corrected chi connectivity index (χ4v) is 1.50. The highest BCUT2D eigenvalue weighted by atomic mass is 16.6. The molecule has 2 aromatic heterocycles. The molecule has 0 aliphatic rings. The fraction of sp³-hybridized carbons (Fsp3) is 0.200.